The number of nitrogens with one attached hydrogen (secondary N) is 3. The summed E-state index contributed by atoms with van der Waals surface area (Å²) in [6.07, 6.45) is 4.97. The molecule has 2 aromatic heterocycles. The molecule has 0 aromatic carbocycles. The summed E-state index contributed by atoms with van der Waals surface area (Å²) >= 11 is 12.9. The van der Waals surface area contributed by atoms with Crippen LogP contribution >= 0.6 is 23.2 Å². The molecule has 2 fully saturated rings. The number of carbonyl (C=O) groups excluding carboxylic acids is 1. The Hall–Kier alpha value is -1.97. The summed E-state index contributed by atoms with van der Waals surface area (Å²) in [4.78, 5) is 21.6. The molecule has 2 aliphatic rings. The number of hydrogen-bond acceptors (Lipinski definition) is 7. The first-order chi connectivity index (χ1) is 16.0. The van der Waals surface area contributed by atoms with E-state index in [1.165, 1.54) is 6.20 Å². The number of rotatable bonds is 7. The van der Waals surface area contributed by atoms with Gasteiger partial charge in [0.25, 0.3) is 0 Å². The molecule has 0 spiro atoms. The van der Waals surface area contributed by atoms with Crippen LogP contribution in [0.15, 0.2) is 24.4 Å². The number of hydrogen-bond donors (Lipinski definition) is 3. The molecule has 178 valence electrons. The van der Waals surface area contributed by atoms with E-state index in [0.29, 0.717) is 59.2 Å². The molecule has 1 amide bonds. The molecule has 33 heavy (non-hydrogen) atoms. The fourth-order valence-corrected chi connectivity index (χ4v) is 4.57. The van der Waals surface area contributed by atoms with Crippen LogP contribution in [-0.2, 0) is 14.3 Å². The van der Waals surface area contributed by atoms with Gasteiger partial charge in [0, 0.05) is 58.0 Å². The lowest BCUT2D eigenvalue weighted by molar-refractivity contribution is -0.120. The van der Waals surface area contributed by atoms with Crippen molar-refractivity contribution >= 4 is 40.7 Å². The number of methoxy groups -OCH3 is 1. The van der Waals surface area contributed by atoms with Crippen molar-refractivity contribution in [1.82, 2.24) is 15.3 Å². The standard InChI is InChI=1S/C23H29Cl2N5O3/c1-32-23(6-9-33-10-7-23)14-28-19-5-4-17(24)21(29-19)16-11-20(27-13-18(16)25)30-22(31)15-3-2-8-26-12-15/h4-5,11,13,15,26H,2-3,6-10,12,14H2,1H3,(H,28,29)(H,27,30,31). The molecular weight excluding hydrogens is 465 g/mol. The minimum absolute atomic E-state index is 0.0567. The number of carbonyl (C=O) groups is 1. The Labute approximate surface area is 203 Å². The molecule has 3 N–H and O–H groups in total. The van der Waals surface area contributed by atoms with E-state index < -0.39 is 0 Å². The number of piperidine rings is 1. The van der Waals surface area contributed by atoms with Gasteiger partial charge in [-0.15, -0.1) is 0 Å². The summed E-state index contributed by atoms with van der Waals surface area (Å²) in [6.45, 7) is 3.56. The number of anilines is 2. The van der Waals surface area contributed by atoms with Crippen LogP contribution in [0, 0.1) is 5.92 Å². The third-order valence-electron chi connectivity index (χ3n) is 6.30. The first-order valence-corrected chi connectivity index (χ1v) is 12.0. The Bertz CT molecular complexity index is 979. The summed E-state index contributed by atoms with van der Waals surface area (Å²) in [5.41, 5.74) is 0.826. The molecule has 4 heterocycles. The highest BCUT2D eigenvalue weighted by Crippen LogP contribution is 2.34. The molecule has 10 heteroatoms. The zero-order valence-electron chi connectivity index (χ0n) is 18.6. The van der Waals surface area contributed by atoms with Crippen molar-refractivity contribution in [1.29, 1.82) is 0 Å². The van der Waals surface area contributed by atoms with Crippen LogP contribution < -0.4 is 16.0 Å². The normalized spacial score (nSPS) is 20.3. The van der Waals surface area contributed by atoms with Crippen LogP contribution in [0.1, 0.15) is 25.7 Å². The maximum Gasteiger partial charge on any atom is 0.229 e. The summed E-state index contributed by atoms with van der Waals surface area (Å²) in [7, 11) is 1.73. The van der Waals surface area contributed by atoms with Crippen LogP contribution in [0.25, 0.3) is 11.3 Å². The van der Waals surface area contributed by atoms with Crippen LogP contribution in [0.4, 0.5) is 11.6 Å². The van der Waals surface area contributed by atoms with E-state index >= 15 is 0 Å². The van der Waals surface area contributed by atoms with Gasteiger partial charge in [0.15, 0.2) is 0 Å². The maximum absolute atomic E-state index is 12.6. The smallest absolute Gasteiger partial charge is 0.229 e. The summed E-state index contributed by atoms with van der Waals surface area (Å²) < 4.78 is 11.3. The third kappa shape index (κ3) is 5.94. The van der Waals surface area contributed by atoms with E-state index in [0.717, 1.165) is 32.2 Å². The van der Waals surface area contributed by atoms with Gasteiger partial charge in [-0.25, -0.2) is 9.97 Å². The first kappa shape index (κ1) is 24.2. The SMILES string of the molecule is COC1(CNc2ccc(Cl)c(-c3cc(NC(=O)C4CCCNC4)ncc3Cl)n2)CCOCC1. The van der Waals surface area contributed by atoms with Crippen LogP contribution in [-0.4, -0.2) is 61.4 Å². The van der Waals surface area contributed by atoms with Crippen LogP contribution in [0.2, 0.25) is 10.0 Å². The molecule has 1 atom stereocenters. The van der Waals surface area contributed by atoms with Gasteiger partial charge in [-0.1, -0.05) is 23.2 Å². The lowest BCUT2D eigenvalue weighted by Gasteiger charge is -2.36. The van der Waals surface area contributed by atoms with E-state index in [-0.39, 0.29) is 17.4 Å². The molecule has 2 aliphatic heterocycles. The molecule has 0 bridgehead atoms. The van der Waals surface area contributed by atoms with Gasteiger partial charge in [0.05, 0.1) is 27.3 Å². The van der Waals surface area contributed by atoms with Crippen molar-refractivity contribution in [2.75, 3.05) is 50.6 Å². The zero-order chi connectivity index (χ0) is 23.3. The lowest BCUT2D eigenvalue weighted by atomic mass is 9.94. The molecule has 0 aliphatic carbocycles. The Morgan fingerprint density at radius 3 is 2.82 bits per heavy atom. The van der Waals surface area contributed by atoms with Crippen molar-refractivity contribution in [2.24, 2.45) is 5.92 Å². The molecule has 1 unspecified atom stereocenters. The minimum atomic E-state index is -0.292. The minimum Gasteiger partial charge on any atom is -0.381 e. The fraction of sp³-hybridized carbons (Fsp3) is 0.522. The quantitative estimate of drug-likeness (QED) is 0.536. The number of nitrogens with zero attached hydrogens (tertiary/aromatic N) is 2. The highest BCUT2D eigenvalue weighted by atomic mass is 35.5. The Kier molecular flexibility index (Phi) is 8.03. The predicted molar refractivity (Wildman–Crippen MR) is 130 cm³/mol. The largest absolute Gasteiger partial charge is 0.381 e. The summed E-state index contributed by atoms with van der Waals surface area (Å²) in [5.74, 6) is 0.941. The molecule has 2 saturated heterocycles. The predicted octanol–water partition coefficient (Wildman–Crippen LogP) is 4.00. The van der Waals surface area contributed by atoms with Crippen LogP contribution in [0.5, 0.6) is 0 Å². The van der Waals surface area contributed by atoms with Gasteiger partial charge in [-0.3, -0.25) is 4.79 Å². The Morgan fingerprint density at radius 2 is 2.09 bits per heavy atom. The second-order valence-electron chi connectivity index (χ2n) is 8.46. The summed E-state index contributed by atoms with van der Waals surface area (Å²) in [6, 6.07) is 5.31. The van der Waals surface area contributed by atoms with Crippen molar-refractivity contribution in [2.45, 2.75) is 31.3 Å². The van der Waals surface area contributed by atoms with Crippen molar-refractivity contribution < 1.29 is 14.3 Å². The monoisotopic (exact) mass is 493 g/mol. The van der Waals surface area contributed by atoms with E-state index in [9.17, 15) is 4.79 Å². The zero-order valence-corrected chi connectivity index (χ0v) is 20.1. The fourth-order valence-electron chi connectivity index (χ4n) is 4.17. The number of pyridine rings is 2. The second-order valence-corrected chi connectivity index (χ2v) is 9.28. The second kappa shape index (κ2) is 11.0. The number of ether oxygens (including phenoxy) is 2. The van der Waals surface area contributed by atoms with Crippen molar-refractivity contribution in [3.63, 3.8) is 0 Å². The van der Waals surface area contributed by atoms with Crippen molar-refractivity contribution in [3.05, 3.63) is 34.4 Å². The first-order valence-electron chi connectivity index (χ1n) is 11.2. The van der Waals surface area contributed by atoms with E-state index in [1.54, 1.807) is 19.2 Å². The van der Waals surface area contributed by atoms with Crippen LogP contribution in [0.3, 0.4) is 0 Å². The third-order valence-corrected chi connectivity index (χ3v) is 6.91. The van der Waals surface area contributed by atoms with E-state index in [1.807, 2.05) is 6.07 Å². The van der Waals surface area contributed by atoms with Gasteiger partial charge in [-0.05, 0) is 37.6 Å². The lowest BCUT2D eigenvalue weighted by Crippen LogP contribution is -2.44. The topological polar surface area (TPSA) is 97.4 Å². The van der Waals surface area contributed by atoms with Crippen molar-refractivity contribution in [3.8, 4) is 11.3 Å². The van der Waals surface area contributed by atoms with Gasteiger partial charge in [0.1, 0.15) is 11.6 Å². The molecule has 0 saturated carbocycles. The Balaban J connectivity index is 1.51. The highest BCUT2D eigenvalue weighted by Gasteiger charge is 2.32. The summed E-state index contributed by atoms with van der Waals surface area (Å²) in [5, 5.41) is 10.4. The number of amides is 1. The number of aromatic nitrogens is 2. The van der Waals surface area contributed by atoms with E-state index in [4.69, 9.17) is 37.7 Å². The van der Waals surface area contributed by atoms with Gasteiger partial charge in [0.2, 0.25) is 5.91 Å². The average molecular weight is 494 g/mol. The molecule has 0 radical (unpaired) electrons. The average Bonchev–Trinajstić information content (AvgIpc) is 2.86. The van der Waals surface area contributed by atoms with Gasteiger partial charge < -0.3 is 25.4 Å². The number of halogens is 2. The maximum atomic E-state index is 12.6. The molecule has 4 rings (SSSR count). The molecular formula is C23H29Cl2N5O3. The molecule has 8 nitrogen and oxygen atoms in total. The van der Waals surface area contributed by atoms with E-state index in [2.05, 4.69) is 20.9 Å². The highest BCUT2D eigenvalue weighted by molar-refractivity contribution is 6.36. The van der Waals surface area contributed by atoms with Gasteiger partial charge in [-0.2, -0.15) is 0 Å². The Morgan fingerprint density at radius 1 is 1.27 bits per heavy atom. The molecule has 2 aromatic rings. The van der Waals surface area contributed by atoms with Gasteiger partial charge >= 0.3 is 0 Å².